The van der Waals surface area contributed by atoms with E-state index in [9.17, 15) is 9.59 Å². The van der Waals surface area contributed by atoms with E-state index >= 15 is 0 Å². The first-order valence-electron chi connectivity index (χ1n) is 6.35. The van der Waals surface area contributed by atoms with Crippen LogP contribution >= 0.6 is 0 Å². The van der Waals surface area contributed by atoms with Crippen LogP contribution in [-0.2, 0) is 4.79 Å². The van der Waals surface area contributed by atoms with Gasteiger partial charge >= 0.3 is 5.97 Å². The molecule has 3 atom stereocenters. The second-order valence-electron chi connectivity index (χ2n) is 5.09. The maximum Gasteiger partial charge on any atom is 0.310 e. The smallest absolute Gasteiger partial charge is 0.310 e. The molecule has 0 bridgehead atoms. The summed E-state index contributed by atoms with van der Waals surface area (Å²) in [6.45, 7) is 1.64. The number of ketones is 1. The van der Waals surface area contributed by atoms with E-state index in [4.69, 9.17) is 5.11 Å². The van der Waals surface area contributed by atoms with E-state index in [2.05, 4.69) is 0 Å². The maximum absolute atomic E-state index is 12.3. The van der Waals surface area contributed by atoms with Crippen molar-refractivity contribution < 1.29 is 14.7 Å². The van der Waals surface area contributed by atoms with Crippen LogP contribution in [0.5, 0.6) is 0 Å². The average molecular weight is 254 g/mol. The third-order valence-electron chi connectivity index (χ3n) is 4.01. The predicted molar refractivity (Wildman–Crippen MR) is 71.0 cm³/mol. The van der Waals surface area contributed by atoms with Gasteiger partial charge in [0, 0.05) is 11.5 Å². The minimum absolute atomic E-state index is 0.0634. The Labute approximate surface area is 111 Å². The van der Waals surface area contributed by atoms with Crippen LogP contribution in [0.3, 0.4) is 0 Å². The van der Waals surface area contributed by atoms with Gasteiger partial charge in [0.25, 0.3) is 0 Å². The number of rotatable bonds is 2. The molecule has 2 aliphatic carbocycles. The van der Waals surface area contributed by atoms with Crippen molar-refractivity contribution in [2.75, 3.05) is 0 Å². The SMILES string of the molecule is CC(C(=O)O)C1=CC2C(=O)c3ccccc3C2C=C1. The number of benzene rings is 1. The van der Waals surface area contributed by atoms with Crippen LogP contribution in [0.4, 0.5) is 0 Å². The zero-order chi connectivity index (χ0) is 13.6. The molecular formula is C16H14O3. The lowest BCUT2D eigenvalue weighted by Gasteiger charge is -2.20. The quantitative estimate of drug-likeness (QED) is 0.882. The van der Waals surface area contributed by atoms with E-state index in [1.165, 1.54) is 0 Å². The van der Waals surface area contributed by atoms with Crippen molar-refractivity contribution in [1.82, 2.24) is 0 Å². The molecule has 0 aromatic heterocycles. The fourth-order valence-corrected chi connectivity index (χ4v) is 2.86. The van der Waals surface area contributed by atoms with Crippen LogP contribution < -0.4 is 0 Å². The number of aliphatic carboxylic acids is 1. The molecule has 2 aliphatic rings. The van der Waals surface area contributed by atoms with Gasteiger partial charge in [0.05, 0.1) is 11.8 Å². The summed E-state index contributed by atoms with van der Waals surface area (Å²) < 4.78 is 0. The van der Waals surface area contributed by atoms with E-state index < -0.39 is 11.9 Å². The second kappa shape index (κ2) is 4.19. The third kappa shape index (κ3) is 1.73. The first kappa shape index (κ1) is 11.9. The van der Waals surface area contributed by atoms with Gasteiger partial charge in [0.2, 0.25) is 0 Å². The third-order valence-corrected chi connectivity index (χ3v) is 4.01. The Kier molecular flexibility index (Phi) is 2.63. The minimum atomic E-state index is -0.864. The molecule has 0 saturated heterocycles. The molecule has 3 unspecified atom stereocenters. The highest BCUT2D eigenvalue weighted by Gasteiger charge is 2.38. The molecule has 3 heteroatoms. The van der Waals surface area contributed by atoms with Gasteiger partial charge in [-0.3, -0.25) is 9.59 Å². The molecule has 0 fully saturated rings. The van der Waals surface area contributed by atoms with E-state index in [0.29, 0.717) is 0 Å². The monoisotopic (exact) mass is 254 g/mol. The van der Waals surface area contributed by atoms with Gasteiger partial charge in [-0.2, -0.15) is 0 Å². The van der Waals surface area contributed by atoms with Gasteiger partial charge in [0.1, 0.15) is 0 Å². The molecule has 0 aliphatic heterocycles. The summed E-state index contributed by atoms with van der Waals surface area (Å²) in [7, 11) is 0. The highest BCUT2D eigenvalue weighted by Crippen LogP contribution is 2.43. The van der Waals surface area contributed by atoms with E-state index in [0.717, 1.165) is 16.7 Å². The van der Waals surface area contributed by atoms with E-state index in [1.54, 1.807) is 6.92 Å². The Morgan fingerprint density at radius 1 is 1.26 bits per heavy atom. The number of fused-ring (bicyclic) bond motifs is 3. The van der Waals surface area contributed by atoms with Crippen molar-refractivity contribution in [2.45, 2.75) is 12.8 Å². The van der Waals surface area contributed by atoms with Gasteiger partial charge in [-0.15, -0.1) is 0 Å². The summed E-state index contributed by atoms with van der Waals surface area (Å²) in [5, 5.41) is 9.05. The van der Waals surface area contributed by atoms with Gasteiger partial charge in [-0.25, -0.2) is 0 Å². The molecule has 0 heterocycles. The Hall–Kier alpha value is -2.16. The first-order valence-corrected chi connectivity index (χ1v) is 6.35. The van der Waals surface area contributed by atoms with Crippen molar-refractivity contribution in [1.29, 1.82) is 0 Å². The first-order chi connectivity index (χ1) is 9.09. The molecular weight excluding hydrogens is 240 g/mol. The number of hydrogen-bond donors (Lipinski definition) is 1. The van der Waals surface area contributed by atoms with Crippen LogP contribution in [0.15, 0.2) is 48.1 Å². The van der Waals surface area contributed by atoms with Crippen molar-refractivity contribution in [3.05, 3.63) is 59.2 Å². The van der Waals surface area contributed by atoms with Crippen LogP contribution in [-0.4, -0.2) is 16.9 Å². The Morgan fingerprint density at radius 2 is 2.00 bits per heavy atom. The van der Waals surface area contributed by atoms with E-state index in [1.807, 2.05) is 42.5 Å². The van der Waals surface area contributed by atoms with Gasteiger partial charge < -0.3 is 5.11 Å². The number of carbonyl (C=O) groups excluding carboxylic acids is 1. The number of allylic oxidation sites excluding steroid dienone is 3. The molecule has 3 nitrogen and oxygen atoms in total. The predicted octanol–water partition coefficient (Wildman–Crippen LogP) is 2.80. The molecule has 0 saturated carbocycles. The standard InChI is InChI=1S/C16H14O3/c1-9(16(18)19)10-6-7-12-11-4-2-3-5-13(11)15(17)14(12)8-10/h2-9,12,14H,1H3,(H,18,19). The number of Topliss-reactive ketones (excluding diaryl/α,β-unsaturated/α-hetero) is 1. The number of carbonyl (C=O) groups is 2. The minimum Gasteiger partial charge on any atom is -0.481 e. The summed E-state index contributed by atoms with van der Waals surface area (Å²) in [4.78, 5) is 23.4. The lowest BCUT2D eigenvalue weighted by molar-refractivity contribution is -0.139. The van der Waals surface area contributed by atoms with Crippen LogP contribution in [0.25, 0.3) is 0 Å². The zero-order valence-electron chi connectivity index (χ0n) is 10.5. The second-order valence-corrected chi connectivity index (χ2v) is 5.09. The number of carboxylic acid groups (broad SMARTS) is 1. The molecule has 1 aromatic rings. The van der Waals surface area contributed by atoms with Crippen molar-refractivity contribution >= 4 is 11.8 Å². The maximum atomic E-state index is 12.3. The Balaban J connectivity index is 2.00. The topological polar surface area (TPSA) is 54.4 Å². The molecule has 3 rings (SSSR count). The molecule has 0 amide bonds. The van der Waals surface area contributed by atoms with Gasteiger partial charge in [-0.1, -0.05) is 42.5 Å². The molecule has 19 heavy (non-hydrogen) atoms. The van der Waals surface area contributed by atoms with Crippen LogP contribution in [0, 0.1) is 11.8 Å². The molecule has 1 N–H and O–H groups in total. The number of hydrogen-bond acceptors (Lipinski definition) is 2. The highest BCUT2D eigenvalue weighted by atomic mass is 16.4. The summed E-state index contributed by atoms with van der Waals surface area (Å²) in [6, 6.07) is 7.61. The fourth-order valence-electron chi connectivity index (χ4n) is 2.86. The summed E-state index contributed by atoms with van der Waals surface area (Å²) in [5.74, 6) is -1.52. The van der Waals surface area contributed by atoms with Crippen LogP contribution in [0.2, 0.25) is 0 Å². The average Bonchev–Trinajstić information content (AvgIpc) is 2.72. The normalized spacial score (nSPS) is 25.5. The summed E-state index contributed by atoms with van der Waals surface area (Å²) in [6.07, 6.45) is 5.63. The van der Waals surface area contributed by atoms with E-state index in [-0.39, 0.29) is 17.6 Å². The highest BCUT2D eigenvalue weighted by molar-refractivity contribution is 6.05. The van der Waals surface area contributed by atoms with Gasteiger partial charge in [-0.05, 0) is 18.1 Å². The van der Waals surface area contributed by atoms with Gasteiger partial charge in [0.15, 0.2) is 5.78 Å². The Bertz CT molecular complexity index is 625. The summed E-state index contributed by atoms with van der Waals surface area (Å²) in [5.41, 5.74) is 2.53. The van der Waals surface area contributed by atoms with Crippen LogP contribution in [0.1, 0.15) is 28.8 Å². The fraction of sp³-hybridized carbons (Fsp3) is 0.250. The van der Waals surface area contributed by atoms with Crippen molar-refractivity contribution in [3.8, 4) is 0 Å². The molecule has 1 aromatic carbocycles. The zero-order valence-corrected chi connectivity index (χ0v) is 10.5. The largest absolute Gasteiger partial charge is 0.481 e. The number of carboxylic acids is 1. The van der Waals surface area contributed by atoms with Crippen molar-refractivity contribution in [3.63, 3.8) is 0 Å². The lowest BCUT2D eigenvalue weighted by atomic mass is 9.83. The molecule has 0 spiro atoms. The van der Waals surface area contributed by atoms with Crippen molar-refractivity contribution in [2.24, 2.45) is 11.8 Å². The Morgan fingerprint density at radius 3 is 2.74 bits per heavy atom. The summed E-state index contributed by atoms with van der Waals surface area (Å²) >= 11 is 0. The molecule has 96 valence electrons. The lowest BCUT2D eigenvalue weighted by Crippen LogP contribution is -2.18. The molecule has 0 radical (unpaired) electrons.